The normalized spacial score (nSPS) is 20.2. The van der Waals surface area contributed by atoms with Crippen LogP contribution in [-0.4, -0.2) is 29.9 Å². The second kappa shape index (κ2) is 7.32. The maximum atomic E-state index is 11.7. The number of aryl methyl sites for hydroxylation is 1. The molecule has 4 nitrogen and oxygen atoms in total. The van der Waals surface area contributed by atoms with Crippen molar-refractivity contribution < 1.29 is 9.21 Å². The van der Waals surface area contributed by atoms with Crippen LogP contribution in [0, 0.1) is 5.92 Å². The molecule has 0 aromatic carbocycles. The summed E-state index contributed by atoms with van der Waals surface area (Å²) < 4.78 is 5.79. The molecule has 1 aromatic rings. The van der Waals surface area contributed by atoms with E-state index in [2.05, 4.69) is 29.3 Å². The highest BCUT2D eigenvalue weighted by Crippen LogP contribution is 2.24. The van der Waals surface area contributed by atoms with Gasteiger partial charge in [0.25, 0.3) is 0 Å². The van der Waals surface area contributed by atoms with Crippen LogP contribution in [0.25, 0.3) is 0 Å². The van der Waals surface area contributed by atoms with Crippen LogP contribution in [-0.2, 0) is 17.8 Å². The van der Waals surface area contributed by atoms with Crippen LogP contribution in [0.2, 0.25) is 0 Å². The molecule has 122 valence electrons. The molecule has 1 aromatic heterocycles. The predicted octanol–water partition coefficient (Wildman–Crippen LogP) is 3.11. The molecule has 4 heteroatoms. The Balaban J connectivity index is 1.34. The average molecular weight is 304 g/mol. The molecule has 2 heterocycles. The van der Waals surface area contributed by atoms with Crippen LogP contribution in [0.5, 0.6) is 0 Å². The zero-order chi connectivity index (χ0) is 15.4. The van der Waals surface area contributed by atoms with Gasteiger partial charge in [0.2, 0.25) is 5.91 Å². The molecule has 0 spiro atoms. The molecule has 0 atom stereocenters. The van der Waals surface area contributed by atoms with E-state index in [4.69, 9.17) is 4.42 Å². The zero-order valence-corrected chi connectivity index (χ0v) is 13.6. The molecule has 22 heavy (non-hydrogen) atoms. The van der Waals surface area contributed by atoms with Crippen LogP contribution >= 0.6 is 0 Å². The minimum absolute atomic E-state index is 0.257. The van der Waals surface area contributed by atoms with Crippen LogP contribution in [0.3, 0.4) is 0 Å². The quantitative estimate of drug-likeness (QED) is 0.842. The summed E-state index contributed by atoms with van der Waals surface area (Å²) >= 11 is 0. The van der Waals surface area contributed by atoms with E-state index in [0.717, 1.165) is 44.0 Å². The summed E-state index contributed by atoms with van der Waals surface area (Å²) in [7, 11) is 0. The lowest BCUT2D eigenvalue weighted by Gasteiger charge is -2.31. The van der Waals surface area contributed by atoms with Gasteiger partial charge in [0, 0.05) is 18.9 Å². The molecule has 0 bridgehead atoms. The molecule has 0 radical (unpaired) electrons. The lowest BCUT2D eigenvalue weighted by molar-refractivity contribution is -0.121. The van der Waals surface area contributed by atoms with E-state index in [1.165, 1.54) is 25.7 Å². The highest BCUT2D eigenvalue weighted by atomic mass is 16.3. The Hall–Kier alpha value is -1.29. The van der Waals surface area contributed by atoms with Gasteiger partial charge in [0.1, 0.15) is 11.5 Å². The summed E-state index contributed by atoms with van der Waals surface area (Å²) in [6.45, 7) is 5.29. The fraction of sp³-hybridized carbons (Fsp3) is 0.722. The van der Waals surface area contributed by atoms with Gasteiger partial charge in [-0.25, -0.2) is 0 Å². The number of furan rings is 1. The molecule has 1 saturated heterocycles. The first-order valence-electron chi connectivity index (χ1n) is 8.82. The number of amides is 1. The Morgan fingerprint density at radius 2 is 1.95 bits per heavy atom. The van der Waals surface area contributed by atoms with Gasteiger partial charge in [-0.15, -0.1) is 0 Å². The zero-order valence-electron chi connectivity index (χ0n) is 13.6. The first kappa shape index (κ1) is 15.6. The van der Waals surface area contributed by atoms with Gasteiger partial charge in [-0.2, -0.15) is 0 Å². The first-order valence-corrected chi connectivity index (χ1v) is 8.82. The van der Waals surface area contributed by atoms with E-state index in [-0.39, 0.29) is 5.91 Å². The Kier molecular flexibility index (Phi) is 5.19. The number of piperidine rings is 1. The van der Waals surface area contributed by atoms with Crippen molar-refractivity contribution in [3.63, 3.8) is 0 Å². The number of carbonyl (C=O) groups is 1. The van der Waals surface area contributed by atoms with Gasteiger partial charge in [-0.05, 0) is 63.2 Å². The van der Waals surface area contributed by atoms with Crippen LogP contribution in [0.15, 0.2) is 16.5 Å². The van der Waals surface area contributed by atoms with E-state index in [1.54, 1.807) is 0 Å². The number of likely N-dealkylation sites (tertiary alicyclic amines) is 1. The second-order valence-electron chi connectivity index (χ2n) is 6.82. The standard InChI is InChI=1S/C18H28N2O2/c1-2-16-6-7-17(22-16)13-20-11-9-14(10-12-20)3-8-18(21)19-15-4-5-15/h6-7,14-15H,2-5,8-13H2,1H3,(H,19,21). The van der Waals surface area contributed by atoms with Crippen molar-refractivity contribution in [3.8, 4) is 0 Å². The molecule has 1 N–H and O–H groups in total. The Morgan fingerprint density at radius 3 is 2.59 bits per heavy atom. The Bertz CT molecular complexity index is 485. The van der Waals surface area contributed by atoms with Crippen molar-refractivity contribution >= 4 is 5.91 Å². The highest BCUT2D eigenvalue weighted by molar-refractivity contribution is 5.76. The molecule has 3 rings (SSSR count). The van der Waals surface area contributed by atoms with Gasteiger partial charge in [0.05, 0.1) is 6.54 Å². The molecule has 1 aliphatic carbocycles. The van der Waals surface area contributed by atoms with Gasteiger partial charge in [0.15, 0.2) is 0 Å². The molecule has 1 aliphatic heterocycles. The summed E-state index contributed by atoms with van der Waals surface area (Å²) in [5, 5.41) is 3.08. The fourth-order valence-corrected chi connectivity index (χ4v) is 3.21. The first-order chi connectivity index (χ1) is 10.7. The van der Waals surface area contributed by atoms with Gasteiger partial charge < -0.3 is 9.73 Å². The smallest absolute Gasteiger partial charge is 0.220 e. The van der Waals surface area contributed by atoms with Crippen molar-refractivity contribution in [2.45, 2.75) is 64.5 Å². The molecule has 0 unspecified atom stereocenters. The highest BCUT2D eigenvalue weighted by Gasteiger charge is 2.24. The molecule has 2 fully saturated rings. The minimum atomic E-state index is 0.257. The van der Waals surface area contributed by atoms with Crippen molar-refractivity contribution in [3.05, 3.63) is 23.7 Å². The van der Waals surface area contributed by atoms with E-state index in [1.807, 2.05) is 0 Å². The van der Waals surface area contributed by atoms with E-state index in [9.17, 15) is 4.79 Å². The van der Waals surface area contributed by atoms with Crippen molar-refractivity contribution in [1.82, 2.24) is 10.2 Å². The predicted molar refractivity (Wildman–Crippen MR) is 86.5 cm³/mol. The van der Waals surface area contributed by atoms with E-state index in [0.29, 0.717) is 18.4 Å². The summed E-state index contributed by atoms with van der Waals surface area (Å²) in [5.41, 5.74) is 0. The third-order valence-electron chi connectivity index (χ3n) is 4.87. The third-order valence-corrected chi connectivity index (χ3v) is 4.87. The number of hydrogen-bond donors (Lipinski definition) is 1. The topological polar surface area (TPSA) is 45.5 Å². The van der Waals surface area contributed by atoms with Crippen molar-refractivity contribution in [1.29, 1.82) is 0 Å². The number of rotatable bonds is 7. The summed E-state index contributed by atoms with van der Waals surface area (Å²) in [6.07, 6.45) is 7.49. The number of nitrogens with zero attached hydrogens (tertiary/aromatic N) is 1. The number of nitrogens with one attached hydrogen (secondary N) is 1. The molecular formula is C18H28N2O2. The Morgan fingerprint density at radius 1 is 1.23 bits per heavy atom. The lowest BCUT2D eigenvalue weighted by atomic mass is 9.92. The van der Waals surface area contributed by atoms with Crippen molar-refractivity contribution in [2.24, 2.45) is 5.92 Å². The van der Waals surface area contributed by atoms with E-state index < -0.39 is 0 Å². The Labute approximate surface area is 133 Å². The van der Waals surface area contributed by atoms with Crippen LogP contribution < -0.4 is 5.32 Å². The molecule has 2 aliphatic rings. The average Bonchev–Trinajstić information content (AvgIpc) is 3.22. The monoisotopic (exact) mass is 304 g/mol. The fourth-order valence-electron chi connectivity index (χ4n) is 3.21. The number of carbonyl (C=O) groups excluding carboxylic acids is 1. The van der Waals surface area contributed by atoms with Crippen LogP contribution in [0.1, 0.15) is 57.0 Å². The second-order valence-corrected chi connectivity index (χ2v) is 6.82. The summed E-state index contributed by atoms with van der Waals surface area (Å²) in [6, 6.07) is 4.68. The molecular weight excluding hydrogens is 276 g/mol. The third kappa shape index (κ3) is 4.60. The minimum Gasteiger partial charge on any atom is -0.465 e. The van der Waals surface area contributed by atoms with Crippen LogP contribution in [0.4, 0.5) is 0 Å². The van der Waals surface area contributed by atoms with E-state index >= 15 is 0 Å². The van der Waals surface area contributed by atoms with Crippen molar-refractivity contribution in [2.75, 3.05) is 13.1 Å². The maximum Gasteiger partial charge on any atom is 0.220 e. The van der Waals surface area contributed by atoms with Gasteiger partial charge in [-0.1, -0.05) is 6.92 Å². The van der Waals surface area contributed by atoms with Gasteiger partial charge >= 0.3 is 0 Å². The maximum absolute atomic E-state index is 11.7. The summed E-state index contributed by atoms with van der Waals surface area (Å²) in [5.74, 6) is 3.13. The largest absolute Gasteiger partial charge is 0.465 e. The van der Waals surface area contributed by atoms with Gasteiger partial charge in [-0.3, -0.25) is 9.69 Å². The molecule has 1 saturated carbocycles. The lowest BCUT2D eigenvalue weighted by Crippen LogP contribution is -2.33. The SMILES string of the molecule is CCc1ccc(CN2CCC(CCC(=O)NC3CC3)CC2)o1. The summed E-state index contributed by atoms with van der Waals surface area (Å²) in [4.78, 5) is 14.2. The number of hydrogen-bond acceptors (Lipinski definition) is 3. The molecule has 1 amide bonds.